The number of fused-ring (bicyclic) bond motifs is 2. The molecule has 0 saturated carbocycles. The molecule has 13 heteroatoms. The summed E-state index contributed by atoms with van der Waals surface area (Å²) in [6, 6.07) is -2.56. The maximum atomic E-state index is 12.4. The van der Waals surface area contributed by atoms with Crippen LogP contribution in [0.3, 0.4) is 0 Å². The third kappa shape index (κ3) is 5.56. The van der Waals surface area contributed by atoms with Crippen LogP contribution in [0, 0.1) is 0 Å². The summed E-state index contributed by atoms with van der Waals surface area (Å²) in [5.74, 6) is -0.508. The molecule has 28 heavy (non-hydrogen) atoms. The van der Waals surface area contributed by atoms with Crippen LogP contribution in [-0.4, -0.2) is 78.3 Å². The minimum absolute atomic E-state index is 0.0327. The van der Waals surface area contributed by atoms with Crippen molar-refractivity contribution in [1.29, 1.82) is 0 Å². The molecule has 0 radical (unpaired) electrons. The van der Waals surface area contributed by atoms with Crippen molar-refractivity contribution in [2.24, 2.45) is 0 Å². The maximum Gasteiger partial charge on any atom is 0.418 e. The van der Waals surface area contributed by atoms with Crippen molar-refractivity contribution >= 4 is 28.4 Å². The van der Waals surface area contributed by atoms with Crippen LogP contribution in [0.2, 0.25) is 0 Å². The zero-order chi connectivity index (χ0) is 21.3. The number of hydrogen-bond donors (Lipinski definition) is 3. The minimum Gasteiger partial charge on any atom is -0.444 e. The number of carbonyl (C=O) groups excluding carboxylic acids is 3. The number of rotatable bonds is 6. The molecule has 158 valence electrons. The van der Waals surface area contributed by atoms with Crippen molar-refractivity contribution in [2.45, 2.75) is 45.4 Å². The Bertz CT molecular complexity index is 788. The second-order valence-electron chi connectivity index (χ2n) is 7.35. The van der Waals surface area contributed by atoms with Crippen molar-refractivity contribution in [3.05, 3.63) is 11.6 Å². The number of amides is 4. The predicted molar refractivity (Wildman–Crippen MR) is 95.2 cm³/mol. The normalized spacial score (nSPS) is 22.0. The Labute approximate surface area is 162 Å². The molecule has 1 saturated heterocycles. The number of urea groups is 1. The van der Waals surface area contributed by atoms with E-state index in [2.05, 4.69) is 14.9 Å². The smallest absolute Gasteiger partial charge is 0.418 e. The first kappa shape index (κ1) is 21.9. The molecule has 12 nitrogen and oxygen atoms in total. The van der Waals surface area contributed by atoms with Crippen LogP contribution < -0.4 is 10.6 Å². The van der Waals surface area contributed by atoms with Crippen LogP contribution in [-0.2, 0) is 24.2 Å². The molecule has 2 aliphatic rings. The first-order chi connectivity index (χ1) is 12.8. The van der Waals surface area contributed by atoms with E-state index in [4.69, 9.17) is 9.29 Å². The molecular weight excluding hydrogens is 396 g/mol. The SMILES string of the molecule is CC1=CC(C(=O)NCCNC(=O)OC(C)(C)C)N2CC1N(OS(=O)(=O)O)C2=O. The zero-order valence-corrected chi connectivity index (χ0v) is 16.8. The standard InChI is InChI=1S/C15H24N4O8S/c1-9-7-10(12(20)16-5-6-17-13(21)26-15(2,3)4)18-8-11(9)19(14(18)22)27-28(23,24)25/h7,10-11H,5-6,8H2,1-4H3,(H,16,20)(H,17,21)(H,23,24,25). The summed E-state index contributed by atoms with van der Waals surface area (Å²) in [6.45, 7) is 7.03. The molecule has 2 unspecified atom stereocenters. The van der Waals surface area contributed by atoms with Crippen molar-refractivity contribution in [3.63, 3.8) is 0 Å². The molecule has 0 aromatic rings. The van der Waals surface area contributed by atoms with E-state index in [1.807, 2.05) is 0 Å². The number of hydrogen-bond acceptors (Lipinski definition) is 7. The molecule has 2 rings (SSSR count). The lowest BCUT2D eigenvalue weighted by atomic mass is 10.0. The number of carbonyl (C=O) groups is 3. The number of hydroxylamine groups is 2. The Morgan fingerprint density at radius 2 is 1.89 bits per heavy atom. The van der Waals surface area contributed by atoms with Crippen LogP contribution in [0.25, 0.3) is 0 Å². The first-order valence-corrected chi connectivity index (χ1v) is 9.85. The van der Waals surface area contributed by atoms with E-state index in [-0.39, 0.29) is 19.6 Å². The van der Waals surface area contributed by atoms with Crippen molar-refractivity contribution in [2.75, 3.05) is 19.6 Å². The topological polar surface area (TPSA) is 155 Å². The maximum absolute atomic E-state index is 12.4. The van der Waals surface area contributed by atoms with Crippen molar-refractivity contribution in [3.8, 4) is 0 Å². The van der Waals surface area contributed by atoms with Gasteiger partial charge < -0.3 is 20.3 Å². The van der Waals surface area contributed by atoms with E-state index < -0.39 is 46.1 Å². The van der Waals surface area contributed by atoms with Crippen LogP contribution in [0.4, 0.5) is 9.59 Å². The highest BCUT2D eigenvalue weighted by Crippen LogP contribution is 2.30. The van der Waals surface area contributed by atoms with E-state index in [1.165, 1.54) is 6.08 Å². The molecule has 2 aliphatic heterocycles. The lowest BCUT2D eigenvalue weighted by Gasteiger charge is -2.27. The lowest BCUT2D eigenvalue weighted by molar-refractivity contribution is -0.124. The molecule has 0 aromatic heterocycles. The number of alkyl carbamates (subject to hydrolysis) is 1. The summed E-state index contributed by atoms with van der Waals surface area (Å²) in [7, 11) is -4.88. The van der Waals surface area contributed by atoms with E-state index >= 15 is 0 Å². The number of ether oxygens (including phenoxy) is 1. The average molecular weight is 420 g/mol. The van der Waals surface area contributed by atoms with E-state index in [1.54, 1.807) is 27.7 Å². The monoisotopic (exact) mass is 420 g/mol. The van der Waals surface area contributed by atoms with E-state index in [0.717, 1.165) is 4.90 Å². The Morgan fingerprint density at radius 3 is 2.46 bits per heavy atom. The third-order valence-electron chi connectivity index (χ3n) is 3.90. The van der Waals surface area contributed by atoms with Crippen molar-refractivity contribution in [1.82, 2.24) is 20.6 Å². The van der Waals surface area contributed by atoms with Gasteiger partial charge in [0.05, 0.1) is 6.54 Å². The zero-order valence-electron chi connectivity index (χ0n) is 16.0. The molecule has 3 N–H and O–H groups in total. The minimum atomic E-state index is -4.88. The molecular formula is C15H24N4O8S. The summed E-state index contributed by atoms with van der Waals surface area (Å²) in [6.07, 6.45) is 0.890. The second kappa shape index (κ2) is 7.93. The highest BCUT2D eigenvalue weighted by molar-refractivity contribution is 7.80. The highest BCUT2D eigenvalue weighted by atomic mass is 32.3. The highest BCUT2D eigenvalue weighted by Gasteiger charge is 2.48. The molecule has 2 atom stereocenters. The van der Waals surface area contributed by atoms with Crippen molar-refractivity contribution < 1.29 is 36.4 Å². The number of nitrogens with one attached hydrogen (secondary N) is 2. The van der Waals surface area contributed by atoms with Gasteiger partial charge in [0, 0.05) is 13.1 Å². The summed E-state index contributed by atoms with van der Waals surface area (Å²) in [5.41, 5.74) is -0.0989. The van der Waals surface area contributed by atoms with E-state index in [9.17, 15) is 22.8 Å². The van der Waals surface area contributed by atoms with Crippen LogP contribution in [0.1, 0.15) is 27.7 Å². The molecule has 2 bridgehead atoms. The Morgan fingerprint density at radius 1 is 1.29 bits per heavy atom. The summed E-state index contributed by atoms with van der Waals surface area (Å²) >= 11 is 0. The van der Waals surface area contributed by atoms with Gasteiger partial charge in [-0.05, 0) is 33.3 Å². The molecule has 4 amide bonds. The molecule has 1 fully saturated rings. The molecule has 0 aromatic carbocycles. The summed E-state index contributed by atoms with van der Waals surface area (Å²) in [5, 5.41) is 5.60. The van der Waals surface area contributed by atoms with Gasteiger partial charge >= 0.3 is 22.5 Å². The Kier molecular flexibility index (Phi) is 6.21. The van der Waals surface area contributed by atoms with Gasteiger partial charge in [0.2, 0.25) is 5.91 Å². The van der Waals surface area contributed by atoms with E-state index in [0.29, 0.717) is 10.6 Å². The molecule has 2 heterocycles. The quantitative estimate of drug-likeness (QED) is 0.303. The second-order valence-corrected chi connectivity index (χ2v) is 8.36. The van der Waals surface area contributed by atoms with Crippen LogP contribution in [0.15, 0.2) is 11.6 Å². The fraction of sp³-hybridized carbons (Fsp3) is 0.667. The van der Waals surface area contributed by atoms with Gasteiger partial charge in [-0.3, -0.25) is 9.35 Å². The van der Waals surface area contributed by atoms with Gasteiger partial charge in [-0.15, -0.1) is 4.28 Å². The van der Waals surface area contributed by atoms with Gasteiger partial charge in [0.1, 0.15) is 17.7 Å². The van der Waals surface area contributed by atoms with Gasteiger partial charge in [0.25, 0.3) is 0 Å². The van der Waals surface area contributed by atoms with Gasteiger partial charge in [0.15, 0.2) is 0 Å². The molecule has 0 spiro atoms. The average Bonchev–Trinajstić information content (AvgIpc) is 2.78. The van der Waals surface area contributed by atoms with Crippen LogP contribution in [0.5, 0.6) is 0 Å². The lowest BCUT2D eigenvalue weighted by Crippen LogP contribution is -2.49. The number of nitrogens with zero attached hydrogens (tertiary/aromatic N) is 2. The fourth-order valence-electron chi connectivity index (χ4n) is 2.78. The fourth-order valence-corrected chi connectivity index (χ4v) is 3.15. The predicted octanol–water partition coefficient (Wildman–Crippen LogP) is -0.204. The summed E-state index contributed by atoms with van der Waals surface area (Å²) in [4.78, 5) is 37.4. The third-order valence-corrected chi connectivity index (χ3v) is 4.25. The molecule has 0 aliphatic carbocycles. The largest absolute Gasteiger partial charge is 0.444 e. The van der Waals surface area contributed by atoms with Gasteiger partial charge in [-0.25, -0.2) is 9.59 Å². The Hall–Kier alpha value is -2.38. The Balaban J connectivity index is 1.90. The van der Waals surface area contributed by atoms with Gasteiger partial charge in [-0.1, -0.05) is 6.08 Å². The first-order valence-electron chi connectivity index (χ1n) is 8.48. The van der Waals surface area contributed by atoms with Gasteiger partial charge in [-0.2, -0.15) is 13.5 Å². The van der Waals surface area contributed by atoms with Crippen LogP contribution >= 0.6 is 0 Å². The summed E-state index contributed by atoms with van der Waals surface area (Å²) < 4.78 is 40.1.